The van der Waals surface area contributed by atoms with Gasteiger partial charge in [0.05, 0.1) is 11.0 Å². The number of hydrogen-bond donors (Lipinski definition) is 0. The number of imidazole rings is 1. The van der Waals surface area contributed by atoms with Gasteiger partial charge in [-0.25, -0.2) is 4.98 Å². The molecular formula is C47H30N2. The molecule has 0 aliphatic rings. The zero-order valence-electron chi connectivity index (χ0n) is 26.7. The summed E-state index contributed by atoms with van der Waals surface area (Å²) in [7, 11) is 0. The summed E-state index contributed by atoms with van der Waals surface area (Å²) in [6.07, 6.45) is 0. The van der Waals surface area contributed by atoms with Gasteiger partial charge in [-0.3, -0.25) is 4.57 Å². The minimum absolute atomic E-state index is 0.943. The Bertz CT molecular complexity index is 2760. The van der Waals surface area contributed by atoms with Crippen molar-refractivity contribution in [3.63, 3.8) is 0 Å². The van der Waals surface area contributed by atoms with Gasteiger partial charge < -0.3 is 0 Å². The summed E-state index contributed by atoms with van der Waals surface area (Å²) in [5.41, 5.74) is 11.6. The number of nitrogens with zero attached hydrogens (tertiary/aromatic N) is 2. The fourth-order valence-electron chi connectivity index (χ4n) is 7.64. The number of rotatable bonds is 5. The number of hydrogen-bond acceptors (Lipinski definition) is 1. The summed E-state index contributed by atoms with van der Waals surface area (Å²) in [5, 5.41) is 7.75. The molecule has 2 nitrogen and oxygen atoms in total. The Kier molecular flexibility index (Phi) is 6.22. The molecule has 0 aliphatic carbocycles. The van der Waals surface area contributed by atoms with Crippen LogP contribution in [0.5, 0.6) is 0 Å². The summed E-state index contributed by atoms with van der Waals surface area (Å²) < 4.78 is 2.28. The van der Waals surface area contributed by atoms with Gasteiger partial charge in [0.2, 0.25) is 0 Å². The Morgan fingerprint density at radius 1 is 0.367 bits per heavy atom. The van der Waals surface area contributed by atoms with Gasteiger partial charge in [0.25, 0.3) is 0 Å². The molecule has 0 saturated heterocycles. The van der Waals surface area contributed by atoms with Crippen molar-refractivity contribution in [1.29, 1.82) is 0 Å². The van der Waals surface area contributed by atoms with Gasteiger partial charge in [-0.2, -0.15) is 0 Å². The summed E-state index contributed by atoms with van der Waals surface area (Å²) in [4.78, 5) is 5.06. The van der Waals surface area contributed by atoms with Crippen LogP contribution in [0.4, 0.5) is 0 Å². The molecule has 9 aromatic carbocycles. The van der Waals surface area contributed by atoms with Gasteiger partial charge in [-0.1, -0.05) is 152 Å². The fraction of sp³-hybridized carbons (Fsp3) is 0. The van der Waals surface area contributed by atoms with Crippen LogP contribution in [-0.2, 0) is 0 Å². The van der Waals surface area contributed by atoms with E-state index in [1.807, 2.05) is 6.07 Å². The molecule has 1 heterocycles. The van der Waals surface area contributed by atoms with E-state index in [1.165, 1.54) is 65.7 Å². The Morgan fingerprint density at radius 3 is 1.55 bits per heavy atom. The average Bonchev–Trinajstić information content (AvgIpc) is 3.57. The van der Waals surface area contributed by atoms with E-state index in [4.69, 9.17) is 4.98 Å². The third-order valence-corrected chi connectivity index (χ3v) is 9.98. The molecular weight excluding hydrogens is 593 g/mol. The molecule has 0 atom stereocenters. The van der Waals surface area contributed by atoms with E-state index in [1.54, 1.807) is 0 Å². The topological polar surface area (TPSA) is 17.8 Å². The normalized spacial score (nSPS) is 11.7. The Morgan fingerprint density at radius 2 is 0.898 bits per heavy atom. The quantitative estimate of drug-likeness (QED) is 0.175. The third-order valence-electron chi connectivity index (χ3n) is 9.98. The summed E-state index contributed by atoms with van der Waals surface area (Å²) in [5.74, 6) is 0.943. The number of aromatic nitrogens is 2. The van der Waals surface area contributed by atoms with Gasteiger partial charge in [0, 0.05) is 11.3 Å². The first-order chi connectivity index (χ1) is 24.3. The predicted octanol–water partition coefficient (Wildman–Crippen LogP) is 12.6. The molecule has 0 spiro atoms. The molecule has 0 bridgehead atoms. The smallest absolute Gasteiger partial charge is 0.145 e. The van der Waals surface area contributed by atoms with Crippen LogP contribution in [0.2, 0.25) is 0 Å². The van der Waals surface area contributed by atoms with Crippen molar-refractivity contribution in [2.24, 2.45) is 0 Å². The highest BCUT2D eigenvalue weighted by molar-refractivity contribution is 6.28. The largest absolute Gasteiger partial charge is 0.292 e. The van der Waals surface area contributed by atoms with E-state index in [2.05, 4.69) is 180 Å². The lowest BCUT2D eigenvalue weighted by molar-refractivity contribution is 1.10. The monoisotopic (exact) mass is 622 g/mol. The summed E-state index contributed by atoms with van der Waals surface area (Å²) in [6.45, 7) is 0. The van der Waals surface area contributed by atoms with Crippen molar-refractivity contribution in [3.05, 3.63) is 182 Å². The maximum absolute atomic E-state index is 5.06. The highest BCUT2D eigenvalue weighted by Crippen LogP contribution is 2.44. The lowest BCUT2D eigenvalue weighted by Gasteiger charge is -2.18. The zero-order valence-corrected chi connectivity index (χ0v) is 26.7. The van der Waals surface area contributed by atoms with Crippen molar-refractivity contribution in [1.82, 2.24) is 9.55 Å². The number of fused-ring (bicyclic) bond motifs is 1. The van der Waals surface area contributed by atoms with Crippen molar-refractivity contribution < 1.29 is 0 Å². The third kappa shape index (κ3) is 4.46. The maximum atomic E-state index is 5.06. The van der Waals surface area contributed by atoms with Crippen molar-refractivity contribution >= 4 is 43.4 Å². The molecule has 0 amide bonds. The van der Waals surface area contributed by atoms with E-state index in [0.29, 0.717) is 0 Å². The van der Waals surface area contributed by atoms with E-state index in [9.17, 15) is 0 Å². The van der Waals surface area contributed by atoms with Gasteiger partial charge in [0.1, 0.15) is 5.82 Å². The highest BCUT2D eigenvalue weighted by atomic mass is 15.1. The van der Waals surface area contributed by atoms with Gasteiger partial charge in [-0.05, 0) is 96.0 Å². The molecule has 0 radical (unpaired) electrons. The summed E-state index contributed by atoms with van der Waals surface area (Å²) in [6, 6.07) is 65.7. The molecule has 0 fully saturated rings. The lowest BCUT2D eigenvalue weighted by atomic mass is 9.85. The van der Waals surface area contributed by atoms with Crippen LogP contribution in [0, 0.1) is 0 Å². The highest BCUT2D eigenvalue weighted by Gasteiger charge is 2.18. The first-order valence-electron chi connectivity index (χ1n) is 16.8. The molecule has 0 unspecified atom stereocenters. The van der Waals surface area contributed by atoms with E-state index < -0.39 is 0 Å². The Hall–Kier alpha value is -6.51. The van der Waals surface area contributed by atoms with Crippen LogP contribution in [-0.4, -0.2) is 9.55 Å². The van der Waals surface area contributed by atoms with Crippen molar-refractivity contribution in [2.45, 2.75) is 0 Å². The van der Waals surface area contributed by atoms with E-state index >= 15 is 0 Å². The zero-order chi connectivity index (χ0) is 32.3. The molecule has 10 rings (SSSR count). The minimum atomic E-state index is 0.943. The Balaban J connectivity index is 1.17. The van der Waals surface area contributed by atoms with Gasteiger partial charge in [0.15, 0.2) is 0 Å². The standard InChI is InChI=1S/C47H30N2/c1-3-10-31(11-4-1)32-18-20-33(21-19-32)41-30-42(40-29-25-36-15-9-14-35-24-28-39(41)46(40)45(35)36)34-22-26-38(27-23-34)49-44-17-8-7-16-43(44)48-47(49)37-12-5-2-6-13-37/h1-30H. The SMILES string of the molecule is c1ccc(-c2ccc(-c3cc(-c4ccc(-n5c(-c6ccccc6)nc6ccccc65)cc4)c4ccc5cccc6ccc3c4c65)cc2)cc1. The number of para-hydroxylation sites is 2. The van der Waals surface area contributed by atoms with Crippen LogP contribution in [0.3, 0.4) is 0 Å². The van der Waals surface area contributed by atoms with E-state index in [-0.39, 0.29) is 0 Å². The second kappa shape index (κ2) is 11.0. The molecule has 10 aromatic rings. The van der Waals surface area contributed by atoms with E-state index in [0.717, 1.165) is 28.1 Å². The average molecular weight is 623 g/mol. The molecule has 1 aromatic heterocycles. The minimum Gasteiger partial charge on any atom is -0.292 e. The van der Waals surface area contributed by atoms with Crippen molar-refractivity contribution in [2.75, 3.05) is 0 Å². The molecule has 2 heteroatoms. The second-order valence-corrected chi connectivity index (χ2v) is 12.8. The van der Waals surface area contributed by atoms with Crippen molar-refractivity contribution in [3.8, 4) is 50.5 Å². The summed E-state index contributed by atoms with van der Waals surface area (Å²) >= 11 is 0. The van der Waals surface area contributed by atoms with Gasteiger partial charge in [-0.15, -0.1) is 0 Å². The molecule has 0 N–H and O–H groups in total. The van der Waals surface area contributed by atoms with Crippen LogP contribution in [0.25, 0.3) is 93.8 Å². The van der Waals surface area contributed by atoms with Crippen LogP contribution in [0.15, 0.2) is 182 Å². The van der Waals surface area contributed by atoms with Gasteiger partial charge >= 0.3 is 0 Å². The predicted molar refractivity (Wildman–Crippen MR) is 207 cm³/mol. The first-order valence-corrected chi connectivity index (χ1v) is 16.8. The fourth-order valence-corrected chi connectivity index (χ4v) is 7.64. The molecule has 0 aliphatic heterocycles. The first kappa shape index (κ1) is 27.6. The van der Waals surface area contributed by atoms with Crippen LogP contribution < -0.4 is 0 Å². The molecule has 0 saturated carbocycles. The number of benzene rings is 9. The lowest BCUT2D eigenvalue weighted by Crippen LogP contribution is -1.97. The Labute approximate surface area is 284 Å². The molecule has 49 heavy (non-hydrogen) atoms. The van der Waals surface area contributed by atoms with Crippen LogP contribution in [0.1, 0.15) is 0 Å². The van der Waals surface area contributed by atoms with Crippen LogP contribution >= 0.6 is 0 Å². The molecule has 228 valence electrons. The second-order valence-electron chi connectivity index (χ2n) is 12.8. The maximum Gasteiger partial charge on any atom is 0.145 e.